The molecule has 0 aromatic heterocycles. The first-order valence-corrected chi connectivity index (χ1v) is 5.17. The summed E-state index contributed by atoms with van der Waals surface area (Å²) in [6.45, 7) is 3.56. The van der Waals surface area contributed by atoms with Gasteiger partial charge in [-0.05, 0) is 38.1 Å². The third-order valence-electron chi connectivity index (χ3n) is 2.11. The monoisotopic (exact) mass is 224 g/mol. The van der Waals surface area contributed by atoms with E-state index in [0.717, 1.165) is 0 Å². The van der Waals surface area contributed by atoms with E-state index in [1.165, 1.54) is 12.1 Å². The van der Waals surface area contributed by atoms with Gasteiger partial charge in [-0.3, -0.25) is 0 Å². The van der Waals surface area contributed by atoms with Gasteiger partial charge in [0.2, 0.25) is 0 Å². The van der Waals surface area contributed by atoms with Gasteiger partial charge < -0.3 is 14.9 Å². The summed E-state index contributed by atoms with van der Waals surface area (Å²) in [6, 6.07) is 6.21. The van der Waals surface area contributed by atoms with E-state index in [2.05, 4.69) is 0 Å². The molecule has 1 aromatic rings. The summed E-state index contributed by atoms with van der Waals surface area (Å²) in [5, 5.41) is 17.9. The van der Waals surface area contributed by atoms with Gasteiger partial charge in [-0.25, -0.2) is 4.79 Å². The molecule has 0 bridgehead atoms. The van der Waals surface area contributed by atoms with E-state index < -0.39 is 12.1 Å². The van der Waals surface area contributed by atoms with Gasteiger partial charge in [0, 0.05) is 6.42 Å². The average Bonchev–Trinajstić information content (AvgIpc) is 2.16. The number of ether oxygens (including phenoxy) is 1. The number of carboxylic acids is 1. The first-order valence-electron chi connectivity index (χ1n) is 5.17. The van der Waals surface area contributed by atoms with Crippen LogP contribution in [0.5, 0.6) is 5.75 Å². The highest BCUT2D eigenvalue weighted by atomic mass is 16.5. The van der Waals surface area contributed by atoms with Gasteiger partial charge in [0.15, 0.2) is 0 Å². The second-order valence-electron chi connectivity index (χ2n) is 3.84. The lowest BCUT2D eigenvalue weighted by Crippen LogP contribution is -2.18. The van der Waals surface area contributed by atoms with E-state index in [1.54, 1.807) is 19.1 Å². The number of rotatable bonds is 5. The summed E-state index contributed by atoms with van der Waals surface area (Å²) < 4.78 is 5.51. The SMILES string of the molecule is C[C@@H](O)C[C@H](C)Oc1ccc(C(=O)O)cc1. The maximum absolute atomic E-state index is 10.6. The molecule has 4 heteroatoms. The number of hydrogen-bond donors (Lipinski definition) is 2. The van der Waals surface area contributed by atoms with Crippen LogP contribution in [0, 0.1) is 0 Å². The molecule has 2 N–H and O–H groups in total. The van der Waals surface area contributed by atoms with E-state index in [4.69, 9.17) is 14.9 Å². The van der Waals surface area contributed by atoms with Crippen molar-refractivity contribution in [2.75, 3.05) is 0 Å². The zero-order valence-electron chi connectivity index (χ0n) is 9.38. The van der Waals surface area contributed by atoms with Gasteiger partial charge >= 0.3 is 5.97 Å². The van der Waals surface area contributed by atoms with Crippen LogP contribution < -0.4 is 4.74 Å². The molecular weight excluding hydrogens is 208 g/mol. The Labute approximate surface area is 94.5 Å². The Bertz CT molecular complexity index is 343. The van der Waals surface area contributed by atoms with Crippen molar-refractivity contribution in [3.8, 4) is 5.75 Å². The largest absolute Gasteiger partial charge is 0.491 e. The molecule has 0 amide bonds. The van der Waals surface area contributed by atoms with Crippen LogP contribution in [-0.2, 0) is 0 Å². The summed E-state index contributed by atoms with van der Waals surface area (Å²) in [5.41, 5.74) is 0.232. The van der Waals surface area contributed by atoms with Crippen LogP contribution in [0.4, 0.5) is 0 Å². The third kappa shape index (κ3) is 3.90. The first kappa shape index (κ1) is 12.5. The Morgan fingerprint density at radius 2 is 1.88 bits per heavy atom. The molecule has 0 aliphatic rings. The predicted octanol–water partition coefficient (Wildman–Crippen LogP) is 1.92. The van der Waals surface area contributed by atoms with Crippen molar-refractivity contribution >= 4 is 5.97 Å². The van der Waals surface area contributed by atoms with Crippen LogP contribution in [0.2, 0.25) is 0 Å². The molecule has 4 nitrogen and oxygen atoms in total. The summed E-state index contributed by atoms with van der Waals surface area (Å²) in [4.78, 5) is 10.6. The molecule has 88 valence electrons. The van der Waals surface area contributed by atoms with Crippen molar-refractivity contribution in [1.82, 2.24) is 0 Å². The average molecular weight is 224 g/mol. The van der Waals surface area contributed by atoms with Crippen LogP contribution in [0.1, 0.15) is 30.6 Å². The van der Waals surface area contributed by atoms with Crippen LogP contribution >= 0.6 is 0 Å². The molecule has 0 radical (unpaired) electrons. The standard InChI is InChI=1S/C12H16O4/c1-8(13)7-9(2)16-11-5-3-10(4-6-11)12(14)15/h3-6,8-9,13H,7H2,1-2H3,(H,14,15)/t8-,9+/m1/s1. The molecule has 0 aliphatic carbocycles. The van der Waals surface area contributed by atoms with E-state index in [-0.39, 0.29) is 11.7 Å². The van der Waals surface area contributed by atoms with E-state index in [9.17, 15) is 4.79 Å². The molecule has 0 saturated heterocycles. The molecule has 1 rings (SSSR count). The van der Waals surface area contributed by atoms with Gasteiger partial charge in [0.25, 0.3) is 0 Å². The van der Waals surface area contributed by atoms with Crippen LogP contribution in [0.15, 0.2) is 24.3 Å². The van der Waals surface area contributed by atoms with Crippen molar-refractivity contribution in [3.05, 3.63) is 29.8 Å². The van der Waals surface area contributed by atoms with Gasteiger partial charge in [-0.15, -0.1) is 0 Å². The lowest BCUT2D eigenvalue weighted by atomic mass is 10.2. The van der Waals surface area contributed by atoms with E-state index in [0.29, 0.717) is 12.2 Å². The Kier molecular flexibility index (Phi) is 4.31. The maximum Gasteiger partial charge on any atom is 0.335 e. The lowest BCUT2D eigenvalue weighted by molar-refractivity contribution is 0.0697. The zero-order valence-corrected chi connectivity index (χ0v) is 9.38. The highest BCUT2D eigenvalue weighted by molar-refractivity contribution is 5.87. The van der Waals surface area contributed by atoms with Crippen molar-refractivity contribution < 1.29 is 19.7 Å². The molecular formula is C12H16O4. The summed E-state index contributed by atoms with van der Waals surface area (Å²) in [6.07, 6.45) is 0.0321. The number of aliphatic hydroxyl groups excluding tert-OH is 1. The molecule has 0 saturated carbocycles. The quantitative estimate of drug-likeness (QED) is 0.801. The number of carbonyl (C=O) groups is 1. The van der Waals surface area contributed by atoms with Crippen LogP contribution in [0.25, 0.3) is 0 Å². The fourth-order valence-electron chi connectivity index (χ4n) is 1.44. The summed E-state index contributed by atoms with van der Waals surface area (Å²) in [5.74, 6) is -0.346. The maximum atomic E-state index is 10.6. The second-order valence-corrected chi connectivity index (χ2v) is 3.84. The van der Waals surface area contributed by atoms with Crippen molar-refractivity contribution in [3.63, 3.8) is 0 Å². The van der Waals surface area contributed by atoms with Crippen molar-refractivity contribution in [2.24, 2.45) is 0 Å². The minimum Gasteiger partial charge on any atom is -0.491 e. The zero-order chi connectivity index (χ0) is 12.1. The smallest absolute Gasteiger partial charge is 0.335 e. The fourth-order valence-corrected chi connectivity index (χ4v) is 1.44. The molecule has 0 unspecified atom stereocenters. The molecule has 0 aliphatic heterocycles. The van der Waals surface area contributed by atoms with Gasteiger partial charge in [-0.2, -0.15) is 0 Å². The minimum atomic E-state index is -0.955. The van der Waals surface area contributed by atoms with E-state index >= 15 is 0 Å². The van der Waals surface area contributed by atoms with Gasteiger partial charge in [0.05, 0.1) is 17.8 Å². The highest BCUT2D eigenvalue weighted by Crippen LogP contribution is 2.15. The number of aliphatic hydroxyl groups is 1. The lowest BCUT2D eigenvalue weighted by Gasteiger charge is -2.16. The molecule has 1 aromatic carbocycles. The topological polar surface area (TPSA) is 66.8 Å². The van der Waals surface area contributed by atoms with Gasteiger partial charge in [0.1, 0.15) is 5.75 Å². The molecule has 0 fully saturated rings. The Morgan fingerprint density at radius 3 is 2.31 bits per heavy atom. The number of aromatic carboxylic acids is 1. The molecule has 0 spiro atoms. The predicted molar refractivity (Wildman–Crippen MR) is 59.8 cm³/mol. The van der Waals surface area contributed by atoms with E-state index in [1.807, 2.05) is 6.92 Å². The number of hydrogen-bond acceptors (Lipinski definition) is 3. The minimum absolute atomic E-state index is 0.101. The fraction of sp³-hybridized carbons (Fsp3) is 0.417. The van der Waals surface area contributed by atoms with Crippen molar-refractivity contribution in [2.45, 2.75) is 32.5 Å². The van der Waals surface area contributed by atoms with Gasteiger partial charge in [-0.1, -0.05) is 0 Å². The Morgan fingerprint density at radius 1 is 1.31 bits per heavy atom. The summed E-state index contributed by atoms with van der Waals surface area (Å²) in [7, 11) is 0. The van der Waals surface area contributed by atoms with Crippen molar-refractivity contribution in [1.29, 1.82) is 0 Å². The van der Waals surface area contributed by atoms with Crippen LogP contribution in [0.3, 0.4) is 0 Å². The third-order valence-corrected chi connectivity index (χ3v) is 2.11. The number of benzene rings is 1. The first-order chi connectivity index (χ1) is 7.49. The Balaban J connectivity index is 2.58. The molecule has 2 atom stereocenters. The Hall–Kier alpha value is -1.55. The summed E-state index contributed by atoms with van der Waals surface area (Å²) >= 11 is 0. The van der Waals surface area contributed by atoms with Crippen LogP contribution in [-0.4, -0.2) is 28.4 Å². The molecule has 16 heavy (non-hydrogen) atoms. The normalized spacial score (nSPS) is 14.2. The highest BCUT2D eigenvalue weighted by Gasteiger charge is 2.08. The second kappa shape index (κ2) is 5.51. The number of carboxylic acid groups (broad SMARTS) is 1. The molecule has 0 heterocycles.